The average Bonchev–Trinajstić information content (AvgIpc) is 3.75. The zero-order valence-corrected chi connectivity index (χ0v) is 24.7. The van der Waals surface area contributed by atoms with E-state index in [1.54, 1.807) is 12.1 Å². The van der Waals surface area contributed by atoms with E-state index in [1.165, 1.54) is 11.1 Å². The van der Waals surface area contributed by atoms with Crippen LogP contribution in [0.4, 0.5) is 0 Å². The van der Waals surface area contributed by atoms with Crippen molar-refractivity contribution in [3.8, 4) is 0 Å². The van der Waals surface area contributed by atoms with Crippen LogP contribution in [0.1, 0.15) is 49.4 Å². The van der Waals surface area contributed by atoms with E-state index < -0.39 is 19.5 Å². The Morgan fingerprint density at radius 3 is 1.79 bits per heavy atom. The number of benzene rings is 4. The quantitative estimate of drug-likeness (QED) is 0.288. The highest BCUT2D eigenvalue weighted by atomic mass is 32.2. The van der Waals surface area contributed by atoms with E-state index in [0.717, 1.165) is 45.7 Å². The van der Waals surface area contributed by atoms with Crippen molar-refractivity contribution in [1.29, 1.82) is 0 Å². The fourth-order valence-corrected chi connectivity index (χ4v) is 8.17. The lowest BCUT2D eigenvalue weighted by atomic mass is 10.1. The van der Waals surface area contributed by atoms with Crippen molar-refractivity contribution in [2.75, 3.05) is 5.75 Å². The maximum Gasteiger partial charge on any atom is 0.251 e. The summed E-state index contributed by atoms with van der Waals surface area (Å²) in [6.45, 7) is 1.12. The molecule has 0 radical (unpaired) electrons. The predicted octanol–water partition coefficient (Wildman–Crippen LogP) is 4.54. The van der Waals surface area contributed by atoms with Crippen molar-refractivity contribution in [3.05, 3.63) is 130 Å². The third-order valence-electron chi connectivity index (χ3n) is 7.43. The van der Waals surface area contributed by atoms with Crippen LogP contribution in [0.25, 0.3) is 0 Å². The first kappa shape index (κ1) is 29.4. The topological polar surface area (TPSA) is 109 Å². The van der Waals surface area contributed by atoms with Crippen LogP contribution < -0.4 is 10.0 Å². The second kappa shape index (κ2) is 12.4. The number of carbonyl (C=O) groups is 2. The first-order valence-electron chi connectivity index (χ1n) is 13.6. The van der Waals surface area contributed by atoms with Gasteiger partial charge in [0, 0.05) is 41.3 Å². The number of aryl methyl sites for hydroxylation is 2. The third kappa shape index (κ3) is 6.54. The first-order chi connectivity index (χ1) is 20.2. The SMILES string of the molecule is C=S1(=O)CCc2ccccc21.O=C1CCc2ccccc21.O=C1NCc2ccccc21.O=S1(=O)NCc2ccccc21. The van der Waals surface area contributed by atoms with E-state index in [-0.39, 0.29) is 5.91 Å². The summed E-state index contributed by atoms with van der Waals surface area (Å²) in [5, 5.41) is 2.75. The lowest BCUT2D eigenvalue weighted by Crippen LogP contribution is -2.13. The lowest BCUT2D eigenvalue weighted by molar-refractivity contribution is 0.0963. The lowest BCUT2D eigenvalue weighted by Gasteiger charge is -1.98. The van der Waals surface area contributed by atoms with Gasteiger partial charge in [-0.05, 0) is 68.7 Å². The molecule has 0 fully saturated rings. The molecule has 1 atom stereocenters. The maximum atomic E-state index is 11.7. The van der Waals surface area contributed by atoms with Gasteiger partial charge in [-0.3, -0.25) is 13.8 Å². The first-order valence-corrected chi connectivity index (χ1v) is 17.0. The molecule has 4 aromatic rings. The highest BCUT2D eigenvalue weighted by Crippen LogP contribution is 2.25. The van der Waals surface area contributed by atoms with Gasteiger partial charge in [0.1, 0.15) is 0 Å². The summed E-state index contributed by atoms with van der Waals surface area (Å²) >= 11 is 0. The van der Waals surface area contributed by atoms with Crippen LogP contribution in [0.2, 0.25) is 0 Å². The van der Waals surface area contributed by atoms with Gasteiger partial charge in [0.2, 0.25) is 10.0 Å². The smallest absolute Gasteiger partial charge is 0.251 e. The average molecular weight is 601 g/mol. The predicted molar refractivity (Wildman–Crippen MR) is 166 cm³/mol. The van der Waals surface area contributed by atoms with Gasteiger partial charge in [0.15, 0.2) is 5.78 Å². The van der Waals surface area contributed by atoms with E-state index >= 15 is 0 Å². The standard InChI is InChI=1S/C9H10OS.C9H8O.C8H7NO.C7H7NO2S/c1-11(10)7-6-8-4-2-3-5-9(8)11;10-9-6-5-7-3-1-2-4-8(7)9;10-8-7-4-2-1-3-6(7)5-9-8;9-11(10)7-4-2-1-3-6(7)5-8-11/h2-5H,1,6-7H2;1-4H,5-6H2;1-4H,5H2,(H,9,10);1-4,8H,5H2. The summed E-state index contributed by atoms with van der Waals surface area (Å²) in [5.74, 6) is 4.82. The van der Waals surface area contributed by atoms with Crippen LogP contribution in [0.15, 0.2) is 107 Å². The molecule has 7 nitrogen and oxygen atoms in total. The van der Waals surface area contributed by atoms with Crippen molar-refractivity contribution in [2.24, 2.45) is 0 Å². The summed E-state index contributed by atoms with van der Waals surface area (Å²) in [7, 11) is -5.06. The maximum absolute atomic E-state index is 11.7. The summed E-state index contributed by atoms with van der Waals surface area (Å²) in [6.07, 6.45) is 2.58. The minimum atomic E-state index is -3.16. The van der Waals surface area contributed by atoms with E-state index in [4.69, 9.17) is 0 Å². The van der Waals surface area contributed by atoms with Crippen molar-refractivity contribution in [2.45, 2.75) is 42.1 Å². The Hall–Kier alpha value is -4.05. The summed E-state index contributed by atoms with van der Waals surface area (Å²) < 4.78 is 36.4. The van der Waals surface area contributed by atoms with Crippen LogP contribution in [0.3, 0.4) is 0 Å². The van der Waals surface area contributed by atoms with Crippen molar-refractivity contribution in [3.63, 3.8) is 0 Å². The molecule has 4 aliphatic rings. The van der Waals surface area contributed by atoms with E-state index in [2.05, 4.69) is 15.9 Å². The molecule has 1 amide bonds. The summed E-state index contributed by atoms with van der Waals surface area (Å²) in [4.78, 5) is 23.4. The van der Waals surface area contributed by atoms with Crippen LogP contribution in [-0.2, 0) is 45.5 Å². The summed E-state index contributed by atoms with van der Waals surface area (Å²) in [6, 6.07) is 30.3. The molecule has 8 rings (SSSR count). The second-order valence-electron chi connectivity index (χ2n) is 10.2. The molecule has 42 heavy (non-hydrogen) atoms. The normalized spacial score (nSPS) is 19.7. The number of hydrogen-bond acceptors (Lipinski definition) is 5. The Bertz CT molecular complexity index is 1730. The number of sulfonamides is 1. The van der Waals surface area contributed by atoms with Crippen molar-refractivity contribution in [1.82, 2.24) is 10.0 Å². The number of fused-ring (bicyclic) bond motifs is 4. The molecule has 3 heterocycles. The van der Waals surface area contributed by atoms with E-state index in [1.807, 2.05) is 84.9 Å². The largest absolute Gasteiger partial charge is 0.348 e. The van der Waals surface area contributed by atoms with Crippen LogP contribution in [0.5, 0.6) is 0 Å². The Kier molecular flexibility index (Phi) is 8.72. The fraction of sp³-hybridized carbons (Fsp3) is 0.182. The molecular formula is C33H32N2O5S2. The van der Waals surface area contributed by atoms with Crippen LogP contribution in [0, 0.1) is 0 Å². The highest BCUT2D eigenvalue weighted by molar-refractivity contribution is 8.00. The molecule has 3 aliphatic heterocycles. The second-order valence-corrected chi connectivity index (χ2v) is 14.4. The summed E-state index contributed by atoms with van der Waals surface area (Å²) in [5.41, 5.74) is 6.14. The van der Waals surface area contributed by atoms with E-state index in [9.17, 15) is 22.2 Å². The fourth-order valence-electron chi connectivity index (χ4n) is 5.18. The molecule has 0 spiro atoms. The number of hydrogen-bond donors (Lipinski definition) is 2. The van der Waals surface area contributed by atoms with Crippen molar-refractivity contribution >= 4 is 37.1 Å². The molecule has 0 saturated carbocycles. The van der Waals surface area contributed by atoms with Gasteiger partial charge in [0.05, 0.1) is 4.90 Å². The number of amides is 1. The van der Waals surface area contributed by atoms with Crippen LogP contribution in [-0.4, -0.2) is 35.9 Å². The minimum Gasteiger partial charge on any atom is -0.348 e. The molecule has 9 heteroatoms. The molecule has 1 unspecified atom stereocenters. The molecule has 0 bridgehead atoms. The number of Topliss-reactive ketones (excluding diaryl/α,β-unsaturated/α-hetero) is 1. The molecule has 0 aromatic heterocycles. The number of nitrogens with one attached hydrogen (secondary N) is 2. The van der Waals surface area contributed by atoms with Gasteiger partial charge < -0.3 is 5.32 Å². The minimum absolute atomic E-state index is 0.0515. The Morgan fingerprint density at radius 2 is 1.14 bits per heavy atom. The van der Waals surface area contributed by atoms with Gasteiger partial charge >= 0.3 is 0 Å². The molecule has 1 aliphatic carbocycles. The van der Waals surface area contributed by atoms with E-state index in [0.29, 0.717) is 30.2 Å². The Labute approximate surface area is 247 Å². The Balaban J connectivity index is 0.000000112. The van der Waals surface area contributed by atoms with Gasteiger partial charge in [-0.1, -0.05) is 78.9 Å². The Morgan fingerprint density at radius 1 is 0.571 bits per heavy atom. The van der Waals surface area contributed by atoms with Crippen LogP contribution >= 0.6 is 0 Å². The van der Waals surface area contributed by atoms with Gasteiger partial charge in [-0.15, -0.1) is 0 Å². The molecular weight excluding hydrogens is 569 g/mol. The zero-order valence-electron chi connectivity index (χ0n) is 23.0. The third-order valence-corrected chi connectivity index (χ3v) is 11.0. The van der Waals surface area contributed by atoms with Crippen molar-refractivity contribution < 1.29 is 22.2 Å². The monoisotopic (exact) mass is 600 g/mol. The molecule has 0 saturated heterocycles. The highest BCUT2D eigenvalue weighted by Gasteiger charge is 2.24. The number of carbonyl (C=O) groups excluding carboxylic acids is 2. The molecule has 216 valence electrons. The van der Waals surface area contributed by atoms with Gasteiger partial charge in [0.25, 0.3) is 5.91 Å². The zero-order chi connectivity index (χ0) is 29.7. The number of ketones is 1. The van der Waals surface area contributed by atoms with Gasteiger partial charge in [-0.2, -0.15) is 0 Å². The van der Waals surface area contributed by atoms with Gasteiger partial charge in [-0.25, -0.2) is 13.1 Å². The molecule has 4 aromatic carbocycles. The molecule has 2 N–H and O–H groups in total. The number of rotatable bonds is 0.